The van der Waals surface area contributed by atoms with Crippen LogP contribution < -0.4 is 0 Å². The third kappa shape index (κ3) is 8.82. The first kappa shape index (κ1) is 32.0. The summed E-state index contributed by atoms with van der Waals surface area (Å²) in [6.45, 7) is 0. The van der Waals surface area contributed by atoms with E-state index in [2.05, 4.69) is 0 Å². The van der Waals surface area contributed by atoms with Crippen molar-refractivity contribution in [3.63, 3.8) is 0 Å². The predicted molar refractivity (Wildman–Crippen MR) is 19.9 cm³/mol. The minimum atomic E-state index is 0. The van der Waals surface area contributed by atoms with Crippen LogP contribution in [0.15, 0.2) is 0 Å². The van der Waals surface area contributed by atoms with E-state index in [1.54, 1.807) is 0 Å². The largest absolute Gasteiger partial charge is 0.187 e. The van der Waals surface area contributed by atoms with Crippen molar-refractivity contribution in [2.75, 3.05) is 0 Å². The molecule has 0 amide bonds. The van der Waals surface area contributed by atoms with E-state index in [9.17, 15) is 0 Å². The molecule has 4 heavy (non-hydrogen) atoms. The Morgan fingerprint density at radius 2 is 0.500 bits per heavy atom. The summed E-state index contributed by atoms with van der Waals surface area (Å²) < 4.78 is 0. The zero-order valence-electron chi connectivity index (χ0n) is 0.816. The molecule has 24 valence electrons. The maximum absolute atomic E-state index is 0. The van der Waals surface area contributed by atoms with Crippen molar-refractivity contribution in [3.05, 3.63) is 0 Å². The molecule has 0 atom stereocenters. The minimum Gasteiger partial charge on any atom is 0 e. The van der Waals surface area contributed by atoms with Crippen molar-refractivity contribution in [2.45, 2.75) is 0 Å². The zero-order valence-corrected chi connectivity index (χ0v) is 6.68. The van der Waals surface area contributed by atoms with Crippen LogP contribution in [0.2, 0.25) is 0 Å². The molecule has 0 aromatic heterocycles. The summed E-state index contributed by atoms with van der Waals surface area (Å²) in [6.07, 6.45) is 0. The molecular formula is H6Al2W2. The van der Waals surface area contributed by atoms with Gasteiger partial charge in [0.25, 0.3) is 0 Å². The van der Waals surface area contributed by atoms with E-state index in [4.69, 9.17) is 0 Å². The van der Waals surface area contributed by atoms with Gasteiger partial charge < -0.3 is 0 Å². The Labute approximate surface area is 75.9 Å². The molecule has 0 saturated heterocycles. The van der Waals surface area contributed by atoms with E-state index < -0.39 is 0 Å². The molecule has 0 unspecified atom stereocenters. The fraction of sp³-hybridized carbons (Fsp3) is 0. The van der Waals surface area contributed by atoms with Crippen LogP contribution in [-0.2, 0) is 42.1 Å². The third-order valence-electron chi connectivity index (χ3n) is 0. The van der Waals surface area contributed by atoms with Gasteiger partial charge in [-0.25, -0.2) is 0 Å². The molecule has 0 radical (unpaired) electrons. The summed E-state index contributed by atoms with van der Waals surface area (Å²) in [4.78, 5) is 0. The molecule has 0 aliphatic rings. The maximum atomic E-state index is 0. The van der Waals surface area contributed by atoms with Gasteiger partial charge in [-0.15, -0.1) is 0 Å². The molecule has 0 heterocycles. The van der Waals surface area contributed by atoms with Gasteiger partial charge in [0.05, 0.1) is 0 Å². The van der Waals surface area contributed by atoms with Crippen LogP contribution in [-0.4, -0.2) is 34.7 Å². The summed E-state index contributed by atoms with van der Waals surface area (Å²) in [7, 11) is 0. The number of hydrogen-bond acceptors (Lipinski definition) is 0. The van der Waals surface area contributed by atoms with Crippen molar-refractivity contribution < 1.29 is 42.1 Å². The molecule has 0 rings (SSSR count). The fourth-order valence-corrected chi connectivity index (χ4v) is 0. The molecule has 0 fully saturated rings. The van der Waals surface area contributed by atoms with Crippen LogP contribution in [0.3, 0.4) is 0 Å². The zero-order chi connectivity index (χ0) is 0. The first-order valence-electron chi connectivity index (χ1n) is 0. The van der Waals surface area contributed by atoms with E-state index in [1.165, 1.54) is 0 Å². The van der Waals surface area contributed by atoms with Crippen molar-refractivity contribution in [2.24, 2.45) is 0 Å². The molecule has 0 aliphatic heterocycles. The van der Waals surface area contributed by atoms with Gasteiger partial charge in [-0.2, -0.15) is 0 Å². The molecule has 0 aromatic carbocycles. The quantitative estimate of drug-likeness (QED) is 0.379. The fourth-order valence-electron chi connectivity index (χ4n) is 0. The Hall–Kier alpha value is 2.44. The monoisotopic (exact) mass is 428 g/mol. The van der Waals surface area contributed by atoms with Crippen LogP contribution in [0, 0.1) is 0 Å². The Bertz CT molecular complexity index is 4.00. The third-order valence-corrected chi connectivity index (χ3v) is 0. The summed E-state index contributed by atoms with van der Waals surface area (Å²) in [5.41, 5.74) is 0. The second kappa shape index (κ2) is 18.0. The second-order valence-electron chi connectivity index (χ2n) is 0. The molecular weight excluding hydrogens is 422 g/mol. The summed E-state index contributed by atoms with van der Waals surface area (Å²) >= 11 is 0. The van der Waals surface area contributed by atoms with Crippen LogP contribution in [0.1, 0.15) is 0 Å². The maximum Gasteiger partial charge on any atom is 0.187 e. The summed E-state index contributed by atoms with van der Waals surface area (Å²) in [6, 6.07) is 0. The van der Waals surface area contributed by atoms with Gasteiger partial charge >= 0.3 is 0 Å². The van der Waals surface area contributed by atoms with E-state index in [0.717, 1.165) is 0 Å². The Kier molecular flexibility index (Phi) is 144. The van der Waals surface area contributed by atoms with Crippen molar-refractivity contribution in [3.8, 4) is 0 Å². The van der Waals surface area contributed by atoms with Gasteiger partial charge in [0.2, 0.25) is 0 Å². The van der Waals surface area contributed by atoms with Gasteiger partial charge in [0.15, 0.2) is 34.7 Å². The van der Waals surface area contributed by atoms with Crippen LogP contribution >= 0.6 is 0 Å². The SMILES string of the molecule is [AlH3].[AlH3].[W].[W]. The number of hydrogen-bond donors (Lipinski definition) is 0. The second-order valence-corrected chi connectivity index (χ2v) is 0. The van der Waals surface area contributed by atoms with E-state index >= 15 is 0 Å². The van der Waals surface area contributed by atoms with Crippen LogP contribution in [0.4, 0.5) is 0 Å². The average molecular weight is 428 g/mol. The topological polar surface area (TPSA) is 0 Å². The molecule has 4 heteroatoms. The Morgan fingerprint density at radius 3 is 0.500 bits per heavy atom. The van der Waals surface area contributed by atoms with Crippen LogP contribution in [0.5, 0.6) is 0 Å². The van der Waals surface area contributed by atoms with Crippen molar-refractivity contribution >= 4 is 34.7 Å². The van der Waals surface area contributed by atoms with Crippen LogP contribution in [0.25, 0.3) is 0 Å². The van der Waals surface area contributed by atoms with Crippen molar-refractivity contribution in [1.29, 1.82) is 0 Å². The first-order valence-corrected chi connectivity index (χ1v) is 0. The average Bonchev–Trinajstić information content (AvgIpc) is 0. The van der Waals surface area contributed by atoms with Gasteiger partial charge in [-0.1, -0.05) is 0 Å². The number of rotatable bonds is 0. The standard InChI is InChI=1S/2Al.2W.6H. The van der Waals surface area contributed by atoms with E-state index in [-0.39, 0.29) is 76.9 Å². The predicted octanol–water partition coefficient (Wildman–Crippen LogP) is -2.37. The molecule has 0 N–H and O–H groups in total. The summed E-state index contributed by atoms with van der Waals surface area (Å²) in [5, 5.41) is 0. The van der Waals surface area contributed by atoms with Gasteiger partial charge in [0, 0.05) is 42.1 Å². The Morgan fingerprint density at radius 1 is 0.500 bits per heavy atom. The molecule has 0 aromatic rings. The van der Waals surface area contributed by atoms with E-state index in [1.807, 2.05) is 0 Å². The van der Waals surface area contributed by atoms with E-state index in [0.29, 0.717) is 0 Å². The first-order chi connectivity index (χ1) is 0. The molecule has 0 spiro atoms. The van der Waals surface area contributed by atoms with Gasteiger partial charge in [0.1, 0.15) is 0 Å². The van der Waals surface area contributed by atoms with Crippen molar-refractivity contribution in [1.82, 2.24) is 0 Å². The van der Waals surface area contributed by atoms with Gasteiger partial charge in [-0.3, -0.25) is 0 Å². The molecule has 0 aliphatic carbocycles. The molecule has 0 bridgehead atoms. The molecule has 0 nitrogen and oxygen atoms in total. The Balaban J connectivity index is 0. The van der Waals surface area contributed by atoms with Gasteiger partial charge in [-0.05, 0) is 0 Å². The molecule has 0 saturated carbocycles. The summed E-state index contributed by atoms with van der Waals surface area (Å²) in [5.74, 6) is 0. The smallest absolute Gasteiger partial charge is 0 e. The normalized spacial score (nSPS) is 0. The minimum absolute atomic E-state index is 0.